The van der Waals surface area contributed by atoms with E-state index in [4.69, 9.17) is 4.98 Å². The van der Waals surface area contributed by atoms with E-state index in [2.05, 4.69) is 53.3 Å². The van der Waals surface area contributed by atoms with Gasteiger partial charge in [0.2, 0.25) is 0 Å². The number of nitrogens with one attached hydrogen (secondary N) is 1. The van der Waals surface area contributed by atoms with Gasteiger partial charge in [-0.1, -0.05) is 123 Å². The molecule has 0 radical (unpaired) electrons. The molecule has 204 valence electrons. The number of aliphatic carboxylic acids is 1. The monoisotopic (exact) mass is 568 g/mol. The molecule has 1 N–H and O–H groups in total. The molecule has 0 bridgehead atoms. The number of aromatic amines is 1. The second-order valence-corrected chi connectivity index (χ2v) is 11.9. The molecule has 2 unspecified atom stereocenters. The van der Waals surface area contributed by atoms with Crippen LogP contribution < -0.4 is 5.11 Å². The van der Waals surface area contributed by atoms with Gasteiger partial charge in [-0.15, -0.1) is 10.2 Å². The third-order valence-corrected chi connectivity index (χ3v) is 9.16. The van der Waals surface area contributed by atoms with Crippen molar-refractivity contribution in [2.75, 3.05) is 0 Å². The zero-order chi connectivity index (χ0) is 28.1. The zero-order valence-corrected chi connectivity index (χ0v) is 24.2. The highest BCUT2D eigenvalue weighted by molar-refractivity contribution is 8.00. The van der Waals surface area contributed by atoms with Crippen LogP contribution in [0.5, 0.6) is 0 Å². The average molecular weight is 569 g/mol. The minimum absolute atomic E-state index is 0.122. The van der Waals surface area contributed by atoms with Crippen molar-refractivity contribution >= 4 is 29.5 Å². The second-order valence-electron chi connectivity index (χ2n) is 9.63. The molecule has 0 fully saturated rings. The lowest BCUT2D eigenvalue weighted by molar-refractivity contribution is -0.304. The van der Waals surface area contributed by atoms with Crippen molar-refractivity contribution in [1.29, 1.82) is 0 Å². The maximum atomic E-state index is 11.7. The average Bonchev–Trinajstić information content (AvgIpc) is 3.60. The van der Waals surface area contributed by atoms with Gasteiger partial charge in [0.25, 0.3) is 0 Å². The number of benzene rings is 3. The number of imidazole rings is 1. The van der Waals surface area contributed by atoms with Gasteiger partial charge in [-0.05, 0) is 24.5 Å². The summed E-state index contributed by atoms with van der Waals surface area (Å²) in [6, 6.07) is 30.2. The van der Waals surface area contributed by atoms with Crippen molar-refractivity contribution in [2.45, 2.75) is 48.0 Å². The number of carbonyl (C=O) groups excluding carboxylic acids is 1. The van der Waals surface area contributed by atoms with Gasteiger partial charge in [-0.2, -0.15) is 0 Å². The Hall–Kier alpha value is -3.82. The van der Waals surface area contributed by atoms with Crippen molar-refractivity contribution in [3.8, 4) is 28.2 Å². The Kier molecular flexibility index (Phi) is 8.72. The van der Waals surface area contributed by atoms with E-state index in [9.17, 15) is 9.90 Å². The molecular weight excluding hydrogens is 539 g/mol. The van der Waals surface area contributed by atoms with E-state index in [0.717, 1.165) is 39.2 Å². The van der Waals surface area contributed by atoms with Crippen LogP contribution in [-0.2, 0) is 4.79 Å². The minimum Gasteiger partial charge on any atom is -0.549 e. The highest BCUT2D eigenvalue weighted by Crippen LogP contribution is 2.43. The standard InChI is InChI=1S/C31H31N5O2S2/c1-4-24(29(37)38)39-31-35-34-28(36(31)23-18-12-7-13-19-23)27(20(2)3)40-30-32-25(21-14-8-5-9-15-21)26(33-30)22-16-10-6-11-17-22/h5-20,24,27H,4H2,1-3H3,(H,32,33)(H,37,38)/p-1. The summed E-state index contributed by atoms with van der Waals surface area (Å²) in [5.74, 6) is -0.201. The van der Waals surface area contributed by atoms with Crippen LogP contribution in [0.1, 0.15) is 38.3 Å². The first kappa shape index (κ1) is 27.7. The number of H-pyrrole nitrogens is 1. The molecule has 0 spiro atoms. The molecule has 5 aromatic rings. The summed E-state index contributed by atoms with van der Waals surface area (Å²) < 4.78 is 1.97. The molecule has 0 aliphatic carbocycles. The first-order chi connectivity index (χ1) is 19.5. The zero-order valence-electron chi connectivity index (χ0n) is 22.5. The predicted molar refractivity (Wildman–Crippen MR) is 159 cm³/mol. The SMILES string of the molecule is CCC(Sc1nnc(C(Sc2nc(-c3ccccc3)c(-c3ccccc3)[nH]2)C(C)C)n1-c1ccccc1)C(=O)[O-]. The number of para-hydroxylation sites is 1. The Morgan fingerprint density at radius 3 is 2.05 bits per heavy atom. The van der Waals surface area contributed by atoms with E-state index < -0.39 is 11.2 Å². The fourth-order valence-corrected chi connectivity index (χ4v) is 6.41. The lowest BCUT2D eigenvalue weighted by Crippen LogP contribution is -2.33. The van der Waals surface area contributed by atoms with Gasteiger partial charge in [0.1, 0.15) is 0 Å². The summed E-state index contributed by atoms with van der Waals surface area (Å²) in [4.78, 5) is 20.4. The minimum atomic E-state index is -1.11. The van der Waals surface area contributed by atoms with E-state index in [1.165, 1.54) is 11.8 Å². The summed E-state index contributed by atoms with van der Waals surface area (Å²) in [7, 11) is 0. The van der Waals surface area contributed by atoms with Gasteiger partial charge in [-0.25, -0.2) is 4.98 Å². The van der Waals surface area contributed by atoms with Gasteiger partial charge in [0.05, 0.1) is 27.9 Å². The van der Waals surface area contributed by atoms with Gasteiger partial charge < -0.3 is 14.9 Å². The second kappa shape index (κ2) is 12.6. The van der Waals surface area contributed by atoms with E-state index in [0.29, 0.717) is 11.6 Å². The Morgan fingerprint density at radius 1 is 0.875 bits per heavy atom. The number of nitrogens with zero attached hydrogens (tertiary/aromatic N) is 4. The number of carboxylic acid groups (broad SMARTS) is 1. The molecule has 2 atom stereocenters. The molecule has 5 rings (SSSR count). The normalized spacial score (nSPS) is 12.9. The molecule has 0 saturated heterocycles. The van der Waals surface area contributed by atoms with Crippen LogP contribution in [0.3, 0.4) is 0 Å². The molecule has 0 saturated carbocycles. The van der Waals surface area contributed by atoms with Crippen molar-refractivity contribution < 1.29 is 9.90 Å². The van der Waals surface area contributed by atoms with Gasteiger partial charge in [-0.3, -0.25) is 4.57 Å². The molecule has 0 amide bonds. The molecule has 2 aromatic heterocycles. The van der Waals surface area contributed by atoms with Crippen LogP contribution in [-0.4, -0.2) is 36.0 Å². The van der Waals surface area contributed by atoms with Crippen molar-refractivity contribution in [2.24, 2.45) is 5.92 Å². The third kappa shape index (κ3) is 6.00. The van der Waals surface area contributed by atoms with Gasteiger partial charge >= 0.3 is 0 Å². The number of hydrogen-bond donors (Lipinski definition) is 1. The van der Waals surface area contributed by atoms with Crippen LogP contribution in [0.4, 0.5) is 0 Å². The highest BCUT2D eigenvalue weighted by atomic mass is 32.2. The number of rotatable bonds is 11. The quantitative estimate of drug-likeness (QED) is 0.183. The molecule has 0 aliphatic rings. The van der Waals surface area contributed by atoms with Crippen LogP contribution >= 0.6 is 23.5 Å². The molecule has 9 heteroatoms. The molecule has 2 heterocycles. The van der Waals surface area contributed by atoms with Crippen LogP contribution in [0, 0.1) is 5.92 Å². The van der Waals surface area contributed by atoms with Crippen molar-refractivity contribution in [3.05, 3.63) is 96.8 Å². The van der Waals surface area contributed by atoms with Crippen LogP contribution in [0.2, 0.25) is 0 Å². The van der Waals surface area contributed by atoms with E-state index in [1.807, 2.05) is 78.2 Å². The summed E-state index contributed by atoms with van der Waals surface area (Å²) in [6.45, 7) is 6.11. The summed E-state index contributed by atoms with van der Waals surface area (Å²) in [6.07, 6.45) is 0.420. The Bertz CT molecular complexity index is 1500. The Balaban J connectivity index is 1.58. The predicted octanol–water partition coefficient (Wildman–Crippen LogP) is 6.43. The lowest BCUT2D eigenvalue weighted by Gasteiger charge is -2.21. The molecule has 7 nitrogen and oxygen atoms in total. The fourth-order valence-electron chi connectivity index (χ4n) is 4.42. The summed E-state index contributed by atoms with van der Waals surface area (Å²) in [5.41, 5.74) is 4.80. The lowest BCUT2D eigenvalue weighted by atomic mass is 10.1. The van der Waals surface area contributed by atoms with Gasteiger partial charge in [0, 0.05) is 16.8 Å². The number of aromatic nitrogens is 5. The molecule has 40 heavy (non-hydrogen) atoms. The van der Waals surface area contributed by atoms with Crippen molar-refractivity contribution in [3.63, 3.8) is 0 Å². The third-order valence-electron chi connectivity index (χ3n) is 6.44. The van der Waals surface area contributed by atoms with Crippen molar-refractivity contribution in [1.82, 2.24) is 24.7 Å². The maximum Gasteiger partial charge on any atom is 0.196 e. The first-order valence-electron chi connectivity index (χ1n) is 13.2. The molecule has 3 aromatic carbocycles. The van der Waals surface area contributed by atoms with Gasteiger partial charge in [0.15, 0.2) is 16.1 Å². The Labute approximate surface area is 242 Å². The smallest absolute Gasteiger partial charge is 0.196 e. The summed E-state index contributed by atoms with van der Waals surface area (Å²) in [5, 5.41) is 21.3. The number of thioether (sulfide) groups is 2. The Morgan fingerprint density at radius 2 is 1.48 bits per heavy atom. The summed E-state index contributed by atoms with van der Waals surface area (Å²) >= 11 is 2.77. The van der Waals surface area contributed by atoms with Crippen LogP contribution in [0.25, 0.3) is 28.2 Å². The van der Waals surface area contributed by atoms with Crippen LogP contribution in [0.15, 0.2) is 101 Å². The molecular formula is C31H30N5O2S2-. The molecule has 0 aliphatic heterocycles. The number of carbonyl (C=O) groups is 1. The topological polar surface area (TPSA) is 99.5 Å². The van der Waals surface area contributed by atoms with E-state index >= 15 is 0 Å². The fraction of sp³-hybridized carbons (Fsp3) is 0.226. The maximum absolute atomic E-state index is 11.7. The number of hydrogen-bond acceptors (Lipinski definition) is 7. The highest BCUT2D eigenvalue weighted by Gasteiger charge is 2.29. The van der Waals surface area contributed by atoms with E-state index in [-0.39, 0.29) is 11.2 Å². The number of carboxylic acids is 1. The van der Waals surface area contributed by atoms with E-state index in [1.54, 1.807) is 11.8 Å². The first-order valence-corrected chi connectivity index (χ1v) is 15.0. The largest absolute Gasteiger partial charge is 0.549 e.